The van der Waals surface area contributed by atoms with Gasteiger partial charge in [0.05, 0.1) is 13.2 Å². The van der Waals surface area contributed by atoms with Gasteiger partial charge in [-0.1, -0.05) is 30.3 Å². The quantitative estimate of drug-likeness (QED) is 0.836. The van der Waals surface area contributed by atoms with Gasteiger partial charge in [-0.25, -0.2) is 0 Å². The standard InChI is InChI=1S/C21H27N3O2/c1-16(18-6-4-3-5-7-18)22-17(2)21(25)23-19-8-10-20(11-9-19)24-12-14-26-15-13-24/h3-11,16-17,22H,12-15H2,1-2H3,(H,23,25)/p+1/t16-,17-/m0/s1. The molecule has 1 aliphatic rings. The highest BCUT2D eigenvalue weighted by Gasteiger charge is 2.20. The fourth-order valence-corrected chi connectivity index (χ4v) is 3.22. The van der Waals surface area contributed by atoms with Crippen molar-refractivity contribution in [3.63, 3.8) is 0 Å². The summed E-state index contributed by atoms with van der Waals surface area (Å²) in [5.74, 6) is 0.0203. The summed E-state index contributed by atoms with van der Waals surface area (Å²) in [7, 11) is 0. The van der Waals surface area contributed by atoms with Gasteiger partial charge < -0.3 is 20.3 Å². The number of carbonyl (C=O) groups is 1. The molecular weight excluding hydrogens is 326 g/mol. The predicted molar refractivity (Wildman–Crippen MR) is 104 cm³/mol. The molecule has 0 aliphatic carbocycles. The number of carbonyl (C=O) groups excluding carboxylic acids is 1. The Hall–Kier alpha value is -2.37. The lowest BCUT2D eigenvalue weighted by atomic mass is 10.1. The molecule has 26 heavy (non-hydrogen) atoms. The second-order valence-corrected chi connectivity index (χ2v) is 6.82. The predicted octanol–water partition coefficient (Wildman–Crippen LogP) is 2.17. The van der Waals surface area contributed by atoms with Crippen LogP contribution in [0.15, 0.2) is 54.6 Å². The highest BCUT2D eigenvalue weighted by molar-refractivity contribution is 5.93. The number of nitrogens with two attached hydrogens (primary N) is 1. The van der Waals surface area contributed by atoms with Crippen molar-refractivity contribution in [2.45, 2.75) is 25.9 Å². The minimum atomic E-state index is -0.163. The van der Waals surface area contributed by atoms with E-state index in [1.165, 1.54) is 11.3 Å². The molecule has 3 N–H and O–H groups in total. The molecule has 1 heterocycles. The van der Waals surface area contributed by atoms with E-state index < -0.39 is 0 Å². The van der Waals surface area contributed by atoms with Crippen LogP contribution in [0.25, 0.3) is 0 Å². The number of benzene rings is 2. The van der Waals surface area contributed by atoms with Crippen molar-refractivity contribution >= 4 is 17.3 Å². The minimum absolute atomic E-state index is 0.0203. The van der Waals surface area contributed by atoms with Gasteiger partial charge in [-0.2, -0.15) is 0 Å². The van der Waals surface area contributed by atoms with Gasteiger partial charge in [0.15, 0.2) is 6.04 Å². The van der Waals surface area contributed by atoms with Crippen molar-refractivity contribution in [2.24, 2.45) is 0 Å². The molecule has 3 rings (SSSR count). The second-order valence-electron chi connectivity index (χ2n) is 6.82. The van der Waals surface area contributed by atoms with E-state index in [-0.39, 0.29) is 18.0 Å². The van der Waals surface area contributed by atoms with Crippen molar-refractivity contribution in [1.82, 2.24) is 0 Å². The molecular formula is C21H28N3O2+. The number of ether oxygens (including phenoxy) is 1. The summed E-state index contributed by atoms with van der Waals surface area (Å²) in [6.45, 7) is 7.42. The molecule has 1 aliphatic heterocycles. The topological polar surface area (TPSA) is 58.2 Å². The molecule has 0 unspecified atom stereocenters. The Bertz CT molecular complexity index is 697. The first-order valence-corrected chi connectivity index (χ1v) is 9.27. The second kappa shape index (κ2) is 8.83. The molecule has 0 spiro atoms. The van der Waals surface area contributed by atoms with Crippen LogP contribution >= 0.6 is 0 Å². The van der Waals surface area contributed by atoms with Crippen LogP contribution in [0.1, 0.15) is 25.5 Å². The average molecular weight is 354 g/mol. The van der Waals surface area contributed by atoms with Gasteiger partial charge in [-0.05, 0) is 38.1 Å². The molecule has 138 valence electrons. The number of nitrogens with zero attached hydrogens (tertiary/aromatic N) is 1. The first-order valence-electron chi connectivity index (χ1n) is 9.27. The first-order chi connectivity index (χ1) is 12.6. The van der Waals surface area contributed by atoms with Crippen LogP contribution in [0.2, 0.25) is 0 Å². The molecule has 0 bridgehead atoms. The third-order valence-corrected chi connectivity index (χ3v) is 4.83. The molecule has 0 aromatic heterocycles. The van der Waals surface area contributed by atoms with Gasteiger partial charge in [0.2, 0.25) is 0 Å². The Balaban J connectivity index is 1.53. The third kappa shape index (κ3) is 4.84. The number of rotatable bonds is 6. The fraction of sp³-hybridized carbons (Fsp3) is 0.381. The zero-order valence-corrected chi connectivity index (χ0v) is 15.5. The van der Waals surface area contributed by atoms with Crippen molar-refractivity contribution in [3.8, 4) is 0 Å². The van der Waals surface area contributed by atoms with Crippen LogP contribution in [0, 0.1) is 0 Å². The molecule has 2 aromatic rings. The zero-order chi connectivity index (χ0) is 18.4. The number of hydrogen-bond acceptors (Lipinski definition) is 3. The summed E-state index contributed by atoms with van der Waals surface area (Å²) in [4.78, 5) is 14.8. The summed E-state index contributed by atoms with van der Waals surface area (Å²) in [5, 5.41) is 5.11. The third-order valence-electron chi connectivity index (χ3n) is 4.83. The largest absolute Gasteiger partial charge is 0.378 e. The van der Waals surface area contributed by atoms with E-state index in [1.807, 2.05) is 37.3 Å². The number of morpholine rings is 1. The van der Waals surface area contributed by atoms with Gasteiger partial charge in [0.1, 0.15) is 6.04 Å². The number of nitrogens with one attached hydrogen (secondary N) is 1. The van der Waals surface area contributed by atoms with E-state index in [0.717, 1.165) is 32.0 Å². The summed E-state index contributed by atoms with van der Waals surface area (Å²) in [6, 6.07) is 18.4. The summed E-state index contributed by atoms with van der Waals surface area (Å²) in [5.41, 5.74) is 3.23. The first kappa shape index (κ1) is 18.4. The Morgan fingerprint density at radius 1 is 1.04 bits per heavy atom. The van der Waals surface area contributed by atoms with E-state index in [0.29, 0.717) is 0 Å². The molecule has 0 radical (unpaired) electrons. The van der Waals surface area contributed by atoms with Crippen LogP contribution in [-0.2, 0) is 9.53 Å². The Morgan fingerprint density at radius 2 is 1.69 bits per heavy atom. The fourth-order valence-electron chi connectivity index (χ4n) is 3.22. The van der Waals surface area contributed by atoms with Crippen LogP contribution in [0.4, 0.5) is 11.4 Å². The maximum Gasteiger partial charge on any atom is 0.282 e. The van der Waals surface area contributed by atoms with Crippen LogP contribution in [0.5, 0.6) is 0 Å². The number of amides is 1. The summed E-state index contributed by atoms with van der Waals surface area (Å²) in [6.07, 6.45) is 0. The number of quaternary nitrogens is 1. The lowest BCUT2D eigenvalue weighted by Crippen LogP contribution is -2.91. The molecule has 0 saturated carbocycles. The minimum Gasteiger partial charge on any atom is -0.378 e. The smallest absolute Gasteiger partial charge is 0.282 e. The van der Waals surface area contributed by atoms with Crippen LogP contribution in [-0.4, -0.2) is 38.3 Å². The van der Waals surface area contributed by atoms with Crippen LogP contribution in [0.3, 0.4) is 0 Å². The highest BCUT2D eigenvalue weighted by Crippen LogP contribution is 2.19. The maximum absolute atomic E-state index is 12.5. The van der Waals surface area contributed by atoms with Crippen molar-refractivity contribution in [2.75, 3.05) is 36.5 Å². The lowest BCUT2D eigenvalue weighted by molar-refractivity contribution is -0.709. The normalized spacial score (nSPS) is 16.8. The van der Waals surface area contributed by atoms with Gasteiger partial charge in [0, 0.05) is 30.0 Å². The van der Waals surface area contributed by atoms with Crippen LogP contribution < -0.4 is 15.5 Å². The van der Waals surface area contributed by atoms with Gasteiger partial charge in [0.25, 0.3) is 5.91 Å². The maximum atomic E-state index is 12.5. The number of hydrogen-bond donors (Lipinski definition) is 2. The highest BCUT2D eigenvalue weighted by atomic mass is 16.5. The monoisotopic (exact) mass is 354 g/mol. The molecule has 1 fully saturated rings. The van der Waals surface area contributed by atoms with Crippen molar-refractivity contribution < 1.29 is 14.8 Å². The summed E-state index contributed by atoms with van der Waals surface area (Å²) >= 11 is 0. The van der Waals surface area contributed by atoms with E-state index in [9.17, 15) is 4.79 Å². The lowest BCUT2D eigenvalue weighted by Gasteiger charge is -2.28. The SMILES string of the molecule is C[C@H]([NH2+][C@@H](C)c1ccccc1)C(=O)Nc1ccc(N2CCOCC2)cc1. The van der Waals surface area contributed by atoms with Gasteiger partial charge >= 0.3 is 0 Å². The molecule has 2 atom stereocenters. The Labute approximate surface area is 155 Å². The van der Waals surface area contributed by atoms with E-state index >= 15 is 0 Å². The van der Waals surface area contributed by atoms with Crippen molar-refractivity contribution in [1.29, 1.82) is 0 Å². The van der Waals surface area contributed by atoms with E-state index in [1.54, 1.807) is 0 Å². The molecule has 5 nitrogen and oxygen atoms in total. The van der Waals surface area contributed by atoms with E-state index in [2.05, 4.69) is 46.7 Å². The number of anilines is 2. The molecule has 5 heteroatoms. The Kier molecular flexibility index (Phi) is 6.26. The average Bonchev–Trinajstić information content (AvgIpc) is 2.70. The summed E-state index contributed by atoms with van der Waals surface area (Å²) < 4.78 is 5.39. The molecule has 1 amide bonds. The zero-order valence-electron chi connectivity index (χ0n) is 15.5. The molecule has 1 saturated heterocycles. The van der Waals surface area contributed by atoms with Gasteiger partial charge in [-0.15, -0.1) is 0 Å². The molecule has 2 aromatic carbocycles. The van der Waals surface area contributed by atoms with Crippen molar-refractivity contribution in [3.05, 3.63) is 60.2 Å². The Morgan fingerprint density at radius 3 is 2.35 bits per heavy atom. The van der Waals surface area contributed by atoms with E-state index in [4.69, 9.17) is 4.74 Å². The van der Waals surface area contributed by atoms with Gasteiger partial charge in [-0.3, -0.25) is 4.79 Å².